The molecule has 0 saturated heterocycles. The second kappa shape index (κ2) is 10.6. The molecule has 0 aromatic heterocycles. The first-order valence-electron chi connectivity index (χ1n) is 9.44. The Bertz CT molecular complexity index is 763. The lowest BCUT2D eigenvalue weighted by atomic mass is 10.0. The van der Waals surface area contributed by atoms with Crippen LogP contribution in [0.3, 0.4) is 0 Å². The number of ether oxygens (including phenoxy) is 1. The second-order valence-electron chi connectivity index (χ2n) is 5.71. The van der Waals surface area contributed by atoms with Crippen LogP contribution in [-0.4, -0.2) is 26.0 Å². The van der Waals surface area contributed by atoms with Crippen LogP contribution in [-0.2, 0) is 9.57 Å². The van der Waals surface area contributed by atoms with E-state index in [4.69, 9.17) is 9.57 Å². The van der Waals surface area contributed by atoms with Crippen molar-refractivity contribution in [2.45, 2.75) is 33.6 Å². The molecular formula is C23H29NO2. The molecule has 3 rings (SSSR count). The molecule has 0 heterocycles. The topological polar surface area (TPSA) is 30.8 Å². The number of allylic oxidation sites excluding steroid dienone is 1. The molecule has 2 aromatic carbocycles. The molecule has 0 saturated carbocycles. The number of nitrogens with zero attached hydrogens (tertiary/aromatic N) is 1. The fourth-order valence-electron chi connectivity index (χ4n) is 3.02. The Morgan fingerprint density at radius 3 is 2.42 bits per heavy atom. The SMILES string of the molecule is CC.CCOCCC/C=C/c1ccc2c(c1)/C(=N/OC)c1ccccc1-2. The minimum absolute atomic E-state index is 0.788. The molecule has 0 unspecified atom stereocenters. The zero-order chi connectivity index (χ0) is 18.8. The number of fused-ring (bicyclic) bond motifs is 3. The monoisotopic (exact) mass is 351 g/mol. The first-order chi connectivity index (χ1) is 12.8. The molecule has 3 heteroatoms. The highest BCUT2D eigenvalue weighted by molar-refractivity contribution is 6.24. The summed E-state index contributed by atoms with van der Waals surface area (Å²) < 4.78 is 5.36. The van der Waals surface area contributed by atoms with Gasteiger partial charge in [0.25, 0.3) is 0 Å². The van der Waals surface area contributed by atoms with Crippen LogP contribution in [0.5, 0.6) is 0 Å². The quantitative estimate of drug-likeness (QED) is 0.390. The van der Waals surface area contributed by atoms with Crippen LogP contribution >= 0.6 is 0 Å². The summed E-state index contributed by atoms with van der Waals surface area (Å²) in [6.45, 7) is 7.64. The van der Waals surface area contributed by atoms with Gasteiger partial charge in [-0.3, -0.25) is 0 Å². The molecule has 0 spiro atoms. The van der Waals surface area contributed by atoms with E-state index in [1.807, 2.05) is 26.8 Å². The Morgan fingerprint density at radius 1 is 0.962 bits per heavy atom. The van der Waals surface area contributed by atoms with Crippen LogP contribution in [0.4, 0.5) is 0 Å². The maximum atomic E-state index is 5.36. The third-order valence-electron chi connectivity index (χ3n) is 4.13. The lowest BCUT2D eigenvalue weighted by Gasteiger charge is -2.03. The van der Waals surface area contributed by atoms with Crippen LogP contribution in [0.1, 0.15) is 50.3 Å². The molecular weight excluding hydrogens is 322 g/mol. The summed E-state index contributed by atoms with van der Waals surface area (Å²) in [4.78, 5) is 5.07. The highest BCUT2D eigenvalue weighted by Gasteiger charge is 2.25. The minimum atomic E-state index is 0.788. The molecule has 26 heavy (non-hydrogen) atoms. The molecule has 138 valence electrons. The molecule has 0 atom stereocenters. The lowest BCUT2D eigenvalue weighted by molar-refractivity contribution is 0.145. The van der Waals surface area contributed by atoms with Crippen molar-refractivity contribution in [3.05, 3.63) is 65.2 Å². The van der Waals surface area contributed by atoms with Gasteiger partial charge in [-0.1, -0.05) is 67.6 Å². The van der Waals surface area contributed by atoms with E-state index < -0.39 is 0 Å². The van der Waals surface area contributed by atoms with E-state index in [-0.39, 0.29) is 0 Å². The number of unbranched alkanes of at least 4 members (excludes halogenated alkanes) is 1. The van der Waals surface area contributed by atoms with Crippen LogP contribution in [0.25, 0.3) is 17.2 Å². The predicted octanol–water partition coefficient (Wildman–Crippen LogP) is 5.92. The first kappa shape index (κ1) is 19.9. The number of hydrogen-bond acceptors (Lipinski definition) is 3. The molecule has 1 aliphatic rings. The van der Waals surface area contributed by atoms with Gasteiger partial charge in [0.2, 0.25) is 0 Å². The van der Waals surface area contributed by atoms with Gasteiger partial charge in [0.1, 0.15) is 12.8 Å². The van der Waals surface area contributed by atoms with Crippen molar-refractivity contribution in [2.75, 3.05) is 20.3 Å². The van der Waals surface area contributed by atoms with Crippen molar-refractivity contribution in [2.24, 2.45) is 5.16 Å². The van der Waals surface area contributed by atoms with Gasteiger partial charge in [-0.2, -0.15) is 0 Å². The van der Waals surface area contributed by atoms with Crippen molar-refractivity contribution < 1.29 is 9.57 Å². The third kappa shape index (κ3) is 4.61. The maximum Gasteiger partial charge on any atom is 0.118 e. The molecule has 0 N–H and O–H groups in total. The van der Waals surface area contributed by atoms with E-state index in [0.717, 1.165) is 42.9 Å². The summed E-state index contributed by atoms with van der Waals surface area (Å²) in [6, 6.07) is 14.8. The standard InChI is InChI=1S/C21H23NO2.C2H6/c1-3-24-14-8-4-5-9-16-12-13-18-17-10-6-7-11-19(17)21(22-23-2)20(18)15-16;1-2/h5-7,9-13,15H,3-4,8,14H2,1-2H3;1-2H3/b9-5+,22-21+;. The third-order valence-corrected chi connectivity index (χ3v) is 4.13. The van der Waals surface area contributed by atoms with Gasteiger partial charge in [-0.25, -0.2) is 0 Å². The smallest absolute Gasteiger partial charge is 0.118 e. The van der Waals surface area contributed by atoms with Crippen LogP contribution in [0.15, 0.2) is 53.7 Å². The first-order valence-corrected chi connectivity index (χ1v) is 9.44. The van der Waals surface area contributed by atoms with E-state index in [0.29, 0.717) is 0 Å². The molecule has 0 bridgehead atoms. The van der Waals surface area contributed by atoms with Crippen LogP contribution < -0.4 is 0 Å². The zero-order valence-corrected chi connectivity index (χ0v) is 16.3. The van der Waals surface area contributed by atoms with Crippen molar-refractivity contribution >= 4 is 11.8 Å². The van der Waals surface area contributed by atoms with Crippen LogP contribution in [0.2, 0.25) is 0 Å². The Hall–Kier alpha value is -2.39. The summed E-state index contributed by atoms with van der Waals surface area (Å²) >= 11 is 0. The Morgan fingerprint density at radius 2 is 1.69 bits per heavy atom. The van der Waals surface area contributed by atoms with Gasteiger partial charge in [-0.15, -0.1) is 0 Å². The average Bonchev–Trinajstić information content (AvgIpc) is 3.00. The molecule has 0 amide bonds. The summed E-state index contributed by atoms with van der Waals surface area (Å²) in [5.41, 5.74) is 6.80. The van der Waals surface area contributed by atoms with Gasteiger partial charge in [0.05, 0.1) is 0 Å². The van der Waals surface area contributed by atoms with E-state index in [1.54, 1.807) is 7.11 Å². The van der Waals surface area contributed by atoms with Gasteiger partial charge in [0, 0.05) is 24.3 Å². The Balaban J connectivity index is 0.00000117. The fourth-order valence-corrected chi connectivity index (χ4v) is 3.02. The predicted molar refractivity (Wildman–Crippen MR) is 111 cm³/mol. The van der Waals surface area contributed by atoms with Crippen LogP contribution in [0, 0.1) is 0 Å². The number of oxime groups is 1. The van der Waals surface area contributed by atoms with Gasteiger partial charge < -0.3 is 9.57 Å². The summed E-state index contributed by atoms with van der Waals surface area (Å²) in [7, 11) is 1.59. The largest absolute Gasteiger partial charge is 0.399 e. The Kier molecular flexibility index (Phi) is 8.10. The Labute approximate surface area is 157 Å². The summed E-state index contributed by atoms with van der Waals surface area (Å²) in [5.74, 6) is 0. The minimum Gasteiger partial charge on any atom is -0.399 e. The summed E-state index contributed by atoms with van der Waals surface area (Å²) in [5, 5.41) is 4.25. The maximum absolute atomic E-state index is 5.36. The molecule has 2 aromatic rings. The average molecular weight is 351 g/mol. The molecule has 0 aliphatic heterocycles. The number of benzene rings is 2. The fraction of sp³-hybridized carbons (Fsp3) is 0.348. The molecule has 1 aliphatic carbocycles. The van der Waals surface area contributed by atoms with Gasteiger partial charge >= 0.3 is 0 Å². The molecule has 0 fully saturated rings. The zero-order valence-electron chi connectivity index (χ0n) is 16.3. The molecule has 3 nitrogen and oxygen atoms in total. The van der Waals surface area contributed by atoms with Crippen molar-refractivity contribution in [1.82, 2.24) is 0 Å². The van der Waals surface area contributed by atoms with Gasteiger partial charge in [0.15, 0.2) is 0 Å². The van der Waals surface area contributed by atoms with Gasteiger partial charge in [-0.05, 0) is 42.5 Å². The van der Waals surface area contributed by atoms with E-state index >= 15 is 0 Å². The van der Waals surface area contributed by atoms with E-state index in [2.05, 4.69) is 53.7 Å². The highest BCUT2D eigenvalue weighted by Crippen LogP contribution is 2.37. The van der Waals surface area contributed by atoms with Crippen molar-refractivity contribution in [1.29, 1.82) is 0 Å². The lowest BCUT2D eigenvalue weighted by Crippen LogP contribution is -1.99. The highest BCUT2D eigenvalue weighted by atomic mass is 16.6. The second-order valence-corrected chi connectivity index (χ2v) is 5.71. The normalized spacial score (nSPS) is 13.3. The van der Waals surface area contributed by atoms with Crippen molar-refractivity contribution in [3.63, 3.8) is 0 Å². The number of hydrogen-bond donors (Lipinski definition) is 0. The van der Waals surface area contributed by atoms with E-state index in [9.17, 15) is 0 Å². The van der Waals surface area contributed by atoms with Crippen molar-refractivity contribution in [3.8, 4) is 11.1 Å². The molecule has 0 radical (unpaired) electrons. The van der Waals surface area contributed by atoms with E-state index in [1.165, 1.54) is 16.7 Å². The number of rotatable bonds is 7. The summed E-state index contributed by atoms with van der Waals surface area (Å²) in [6.07, 6.45) is 6.45.